The van der Waals surface area contributed by atoms with Crippen LogP contribution in [0.15, 0.2) is 54.2 Å². The van der Waals surface area contributed by atoms with Crippen LogP contribution in [0.2, 0.25) is 0 Å². The summed E-state index contributed by atoms with van der Waals surface area (Å²) in [4.78, 5) is 30.1. The van der Waals surface area contributed by atoms with Crippen molar-refractivity contribution in [1.82, 2.24) is 4.90 Å². The normalized spacial score (nSPS) is 17.6. The number of aryl methyl sites for hydroxylation is 2. The number of imide groups is 1. The summed E-state index contributed by atoms with van der Waals surface area (Å²) in [5, 5.41) is 0. The third-order valence-corrected chi connectivity index (χ3v) is 5.14. The number of nitrogens with zero attached hydrogens (tertiary/aromatic N) is 2. The van der Waals surface area contributed by atoms with Gasteiger partial charge < -0.3 is 4.90 Å². The van der Waals surface area contributed by atoms with Crippen molar-refractivity contribution < 1.29 is 9.59 Å². The number of hydrogen-bond donors (Lipinski definition) is 0. The van der Waals surface area contributed by atoms with Gasteiger partial charge in [0.15, 0.2) is 0 Å². The van der Waals surface area contributed by atoms with Gasteiger partial charge in [-0.05, 0) is 43.9 Å². The summed E-state index contributed by atoms with van der Waals surface area (Å²) in [5.74, 6) is -0.433. The van der Waals surface area contributed by atoms with Crippen molar-refractivity contribution in [3.63, 3.8) is 0 Å². The average Bonchev–Trinajstić information content (AvgIpc) is 3.23. The quantitative estimate of drug-likeness (QED) is 0.796. The minimum atomic E-state index is -0.227. The Morgan fingerprint density at radius 2 is 1.54 bits per heavy atom. The third-order valence-electron chi connectivity index (χ3n) is 5.14. The lowest BCUT2D eigenvalue weighted by molar-refractivity contribution is -0.120. The summed E-state index contributed by atoms with van der Waals surface area (Å²) in [6, 6.07) is 15.4. The highest BCUT2D eigenvalue weighted by molar-refractivity contribution is 6.45. The Bertz CT molecular complexity index is 909. The lowest BCUT2D eigenvalue weighted by Gasteiger charge is -2.21. The Kier molecular flexibility index (Phi) is 4.11. The van der Waals surface area contributed by atoms with Gasteiger partial charge in [-0.2, -0.15) is 0 Å². The molecule has 1 fully saturated rings. The minimum Gasteiger partial charge on any atom is -0.366 e. The van der Waals surface area contributed by atoms with Gasteiger partial charge in [0.1, 0.15) is 5.70 Å². The Balaban J connectivity index is 1.85. The molecule has 26 heavy (non-hydrogen) atoms. The molecule has 2 aliphatic rings. The molecule has 4 nitrogen and oxygen atoms in total. The fourth-order valence-corrected chi connectivity index (χ4v) is 3.89. The van der Waals surface area contributed by atoms with Gasteiger partial charge in [0.2, 0.25) is 0 Å². The van der Waals surface area contributed by atoms with Crippen molar-refractivity contribution in [2.24, 2.45) is 0 Å². The second kappa shape index (κ2) is 6.45. The number of hydrogen-bond acceptors (Lipinski definition) is 3. The maximum atomic E-state index is 13.3. The van der Waals surface area contributed by atoms with Gasteiger partial charge in [-0.25, -0.2) is 4.90 Å². The zero-order valence-corrected chi connectivity index (χ0v) is 15.2. The molecule has 0 aromatic heterocycles. The Morgan fingerprint density at radius 1 is 0.846 bits per heavy atom. The van der Waals surface area contributed by atoms with Crippen LogP contribution in [0.25, 0.3) is 5.57 Å². The zero-order valence-electron chi connectivity index (χ0n) is 15.2. The average molecular weight is 346 g/mol. The van der Waals surface area contributed by atoms with Crippen LogP contribution in [0.1, 0.15) is 29.5 Å². The zero-order chi connectivity index (χ0) is 18.3. The van der Waals surface area contributed by atoms with E-state index >= 15 is 0 Å². The molecule has 2 aromatic rings. The summed E-state index contributed by atoms with van der Waals surface area (Å²) in [5.41, 5.74) is 4.60. The van der Waals surface area contributed by atoms with E-state index in [1.54, 1.807) is 0 Å². The summed E-state index contributed by atoms with van der Waals surface area (Å²) in [6.07, 6.45) is 2.10. The Hall–Kier alpha value is -2.88. The molecule has 0 spiro atoms. The van der Waals surface area contributed by atoms with Gasteiger partial charge in [0.25, 0.3) is 11.8 Å². The van der Waals surface area contributed by atoms with Gasteiger partial charge in [0.05, 0.1) is 11.3 Å². The molecule has 1 saturated heterocycles. The summed E-state index contributed by atoms with van der Waals surface area (Å²) in [7, 11) is 0. The molecule has 2 amide bonds. The first-order valence-corrected chi connectivity index (χ1v) is 9.08. The lowest BCUT2D eigenvalue weighted by Crippen LogP contribution is -2.35. The summed E-state index contributed by atoms with van der Waals surface area (Å²) in [6.45, 7) is 5.60. The molecular formula is C22H22N2O2. The van der Waals surface area contributed by atoms with Crippen molar-refractivity contribution in [3.05, 3.63) is 70.9 Å². The Labute approximate surface area is 153 Å². The molecule has 4 rings (SSSR count). The smallest absolute Gasteiger partial charge is 0.282 e. The first-order chi connectivity index (χ1) is 12.6. The molecule has 2 aliphatic heterocycles. The number of carbonyl (C=O) groups is 2. The number of likely N-dealkylation sites (tertiary alicyclic amines) is 1. The molecular weight excluding hydrogens is 324 g/mol. The van der Waals surface area contributed by atoms with Crippen molar-refractivity contribution in [2.45, 2.75) is 26.7 Å². The minimum absolute atomic E-state index is 0.206. The van der Waals surface area contributed by atoms with E-state index < -0.39 is 0 Å². The second-order valence-electron chi connectivity index (χ2n) is 7.02. The molecule has 132 valence electrons. The first-order valence-electron chi connectivity index (χ1n) is 9.08. The molecule has 0 radical (unpaired) electrons. The molecule has 2 aromatic carbocycles. The molecule has 2 heterocycles. The fraction of sp³-hybridized carbons (Fsp3) is 0.273. The van der Waals surface area contributed by atoms with Crippen LogP contribution in [0.5, 0.6) is 0 Å². The lowest BCUT2D eigenvalue weighted by atomic mass is 10.0. The van der Waals surface area contributed by atoms with E-state index in [9.17, 15) is 9.59 Å². The van der Waals surface area contributed by atoms with Crippen molar-refractivity contribution in [1.29, 1.82) is 0 Å². The highest BCUT2D eigenvalue weighted by Crippen LogP contribution is 2.37. The maximum absolute atomic E-state index is 13.3. The van der Waals surface area contributed by atoms with Gasteiger partial charge >= 0.3 is 0 Å². The van der Waals surface area contributed by atoms with E-state index in [4.69, 9.17) is 0 Å². The fourth-order valence-electron chi connectivity index (χ4n) is 3.89. The number of carbonyl (C=O) groups excluding carboxylic acids is 2. The number of benzene rings is 2. The summed E-state index contributed by atoms with van der Waals surface area (Å²) >= 11 is 0. The molecule has 0 bridgehead atoms. The van der Waals surface area contributed by atoms with E-state index in [0.717, 1.165) is 42.6 Å². The van der Waals surface area contributed by atoms with Gasteiger partial charge in [0, 0.05) is 13.1 Å². The SMILES string of the molecule is Cc1ccc(N2C(=O)C(c3ccccc3)=C(N3CCCC3)C2=O)c(C)c1. The third kappa shape index (κ3) is 2.62. The van der Waals surface area contributed by atoms with Crippen LogP contribution >= 0.6 is 0 Å². The maximum Gasteiger partial charge on any atom is 0.282 e. The molecule has 0 unspecified atom stereocenters. The highest BCUT2D eigenvalue weighted by Gasteiger charge is 2.43. The van der Waals surface area contributed by atoms with Crippen LogP contribution in [0, 0.1) is 13.8 Å². The van der Waals surface area contributed by atoms with Gasteiger partial charge in [-0.15, -0.1) is 0 Å². The van der Waals surface area contributed by atoms with Crippen LogP contribution in [-0.2, 0) is 9.59 Å². The molecule has 0 saturated carbocycles. The van der Waals surface area contributed by atoms with Crippen molar-refractivity contribution in [3.8, 4) is 0 Å². The van der Waals surface area contributed by atoms with Crippen LogP contribution in [0.3, 0.4) is 0 Å². The number of amides is 2. The monoisotopic (exact) mass is 346 g/mol. The Morgan fingerprint density at radius 3 is 2.19 bits per heavy atom. The molecule has 0 aliphatic carbocycles. The molecule has 0 atom stereocenters. The van der Waals surface area contributed by atoms with E-state index in [2.05, 4.69) is 4.90 Å². The van der Waals surface area contributed by atoms with Crippen molar-refractivity contribution >= 4 is 23.1 Å². The van der Waals surface area contributed by atoms with E-state index in [-0.39, 0.29) is 11.8 Å². The van der Waals surface area contributed by atoms with Crippen LogP contribution in [-0.4, -0.2) is 29.8 Å². The molecule has 0 N–H and O–H groups in total. The predicted octanol–water partition coefficient (Wildman–Crippen LogP) is 3.68. The predicted molar refractivity (Wildman–Crippen MR) is 103 cm³/mol. The van der Waals surface area contributed by atoms with Crippen LogP contribution < -0.4 is 4.90 Å². The first kappa shape index (κ1) is 16.6. The highest BCUT2D eigenvalue weighted by atomic mass is 16.2. The van der Waals surface area contributed by atoms with Crippen LogP contribution in [0.4, 0.5) is 5.69 Å². The second-order valence-corrected chi connectivity index (χ2v) is 7.02. The van der Waals surface area contributed by atoms with E-state index in [1.807, 2.05) is 62.4 Å². The number of anilines is 1. The standard InChI is InChI=1S/C22H22N2O2/c1-15-10-11-18(16(2)14-15)24-21(25)19(17-8-4-3-5-9-17)20(22(24)26)23-12-6-7-13-23/h3-5,8-11,14H,6-7,12-13H2,1-2H3. The van der Waals surface area contributed by atoms with E-state index in [1.165, 1.54) is 4.90 Å². The van der Waals surface area contributed by atoms with Gasteiger partial charge in [-0.3, -0.25) is 9.59 Å². The number of rotatable bonds is 3. The topological polar surface area (TPSA) is 40.6 Å². The van der Waals surface area contributed by atoms with Gasteiger partial charge in [-0.1, -0.05) is 48.0 Å². The van der Waals surface area contributed by atoms with E-state index in [0.29, 0.717) is 17.0 Å². The summed E-state index contributed by atoms with van der Waals surface area (Å²) < 4.78 is 0. The van der Waals surface area contributed by atoms with Crippen molar-refractivity contribution in [2.75, 3.05) is 18.0 Å². The largest absolute Gasteiger partial charge is 0.366 e. The molecule has 4 heteroatoms.